The van der Waals surface area contributed by atoms with Crippen molar-refractivity contribution in [2.24, 2.45) is 0 Å². The number of H-pyrrole nitrogens is 1. The largest absolute Gasteiger partial charge is 1.00 e. The Balaban J connectivity index is 0.00000169. The molecule has 2 aromatic carbocycles. The third-order valence-corrected chi connectivity index (χ3v) is 3.74. The molecule has 0 aliphatic heterocycles. The summed E-state index contributed by atoms with van der Waals surface area (Å²) in [6, 6.07) is 11.4. The fourth-order valence-corrected chi connectivity index (χ4v) is 2.53. The van der Waals surface area contributed by atoms with Crippen LogP contribution in [0.5, 0.6) is 0 Å². The summed E-state index contributed by atoms with van der Waals surface area (Å²) in [7, 11) is 0. The van der Waals surface area contributed by atoms with Gasteiger partial charge in [-0.1, -0.05) is 12.1 Å². The molecule has 7 nitrogen and oxygen atoms in total. The molecule has 130 valence electrons. The maximum absolute atomic E-state index is 12.6. The SMILES string of the molecule is Nc1ccc2[nH]c(=O)n(-c3ccc(CCC(=O)O)cc3)c(=O)c2c1.[CH3-].[K+]. The van der Waals surface area contributed by atoms with E-state index in [0.717, 1.165) is 10.1 Å². The number of benzene rings is 2. The molecule has 0 spiro atoms. The number of carbonyl (C=O) groups is 1. The van der Waals surface area contributed by atoms with Crippen molar-refractivity contribution in [1.29, 1.82) is 0 Å². The zero-order chi connectivity index (χ0) is 17.3. The van der Waals surface area contributed by atoms with Crippen LogP contribution in [0.2, 0.25) is 0 Å². The second-order valence-electron chi connectivity index (χ2n) is 5.44. The van der Waals surface area contributed by atoms with E-state index in [9.17, 15) is 14.4 Å². The second kappa shape index (κ2) is 9.29. The Bertz CT molecular complexity index is 1040. The first-order valence-electron chi connectivity index (χ1n) is 7.31. The summed E-state index contributed by atoms with van der Waals surface area (Å²) >= 11 is 0. The van der Waals surface area contributed by atoms with E-state index in [1.165, 1.54) is 6.07 Å². The van der Waals surface area contributed by atoms with Crippen LogP contribution in [0.3, 0.4) is 0 Å². The first-order valence-corrected chi connectivity index (χ1v) is 7.31. The number of aromatic amines is 1. The van der Waals surface area contributed by atoms with Crippen molar-refractivity contribution in [2.45, 2.75) is 12.8 Å². The summed E-state index contributed by atoms with van der Waals surface area (Å²) < 4.78 is 1.03. The van der Waals surface area contributed by atoms with Gasteiger partial charge in [-0.15, -0.1) is 0 Å². The number of nitrogens with two attached hydrogens (primary N) is 1. The summed E-state index contributed by atoms with van der Waals surface area (Å²) in [5.41, 5.74) is 6.78. The Hall–Kier alpha value is -1.71. The summed E-state index contributed by atoms with van der Waals surface area (Å²) in [5.74, 6) is -0.876. The third kappa shape index (κ3) is 4.71. The van der Waals surface area contributed by atoms with Crippen molar-refractivity contribution in [3.8, 4) is 5.69 Å². The van der Waals surface area contributed by atoms with E-state index < -0.39 is 17.2 Å². The van der Waals surface area contributed by atoms with E-state index in [4.69, 9.17) is 10.8 Å². The van der Waals surface area contributed by atoms with Gasteiger partial charge in [-0.3, -0.25) is 9.59 Å². The molecular weight excluding hydrogens is 361 g/mol. The predicted octanol–water partition coefficient (Wildman–Crippen LogP) is -1.27. The number of nitrogens with zero attached hydrogens (tertiary/aromatic N) is 1. The Morgan fingerprint density at radius 2 is 1.77 bits per heavy atom. The molecule has 1 aromatic heterocycles. The number of aromatic nitrogens is 2. The fraction of sp³-hybridized carbons (Fsp3) is 0.111. The number of aryl methyl sites for hydroxylation is 1. The average Bonchev–Trinajstić information content (AvgIpc) is 2.55. The van der Waals surface area contributed by atoms with Gasteiger partial charge in [-0.2, -0.15) is 0 Å². The van der Waals surface area contributed by atoms with Gasteiger partial charge in [-0.05, 0) is 42.3 Å². The topological polar surface area (TPSA) is 118 Å². The van der Waals surface area contributed by atoms with Crippen LogP contribution in [0.25, 0.3) is 16.6 Å². The molecule has 3 aromatic rings. The minimum atomic E-state index is -0.876. The number of nitrogens with one attached hydrogen (secondary N) is 1. The molecule has 4 N–H and O–H groups in total. The first-order chi connectivity index (χ1) is 11.5. The number of anilines is 1. The van der Waals surface area contributed by atoms with Crippen LogP contribution in [0.4, 0.5) is 5.69 Å². The summed E-state index contributed by atoms with van der Waals surface area (Å²) in [6.07, 6.45) is 0.407. The maximum Gasteiger partial charge on any atom is 1.00 e. The average molecular weight is 379 g/mol. The Labute approximate surface area is 192 Å². The second-order valence-corrected chi connectivity index (χ2v) is 5.44. The molecule has 1 heterocycles. The van der Waals surface area contributed by atoms with Crippen LogP contribution < -0.4 is 68.4 Å². The van der Waals surface area contributed by atoms with Crippen LogP contribution in [-0.4, -0.2) is 20.6 Å². The quantitative estimate of drug-likeness (QED) is 0.297. The van der Waals surface area contributed by atoms with Crippen molar-refractivity contribution < 1.29 is 61.3 Å². The number of nitrogen functional groups attached to an aromatic ring is 1. The molecule has 0 saturated carbocycles. The molecular formula is C18H18KN3O4. The van der Waals surface area contributed by atoms with Crippen molar-refractivity contribution >= 4 is 22.6 Å². The molecule has 0 amide bonds. The van der Waals surface area contributed by atoms with Gasteiger partial charge in [-0.25, -0.2) is 9.36 Å². The fourth-order valence-electron chi connectivity index (χ4n) is 2.53. The van der Waals surface area contributed by atoms with E-state index in [0.29, 0.717) is 28.7 Å². The third-order valence-electron chi connectivity index (χ3n) is 3.74. The van der Waals surface area contributed by atoms with Crippen LogP contribution >= 0.6 is 0 Å². The molecule has 8 heteroatoms. The molecule has 0 atom stereocenters. The number of aliphatic carboxylic acids is 1. The van der Waals surface area contributed by atoms with Gasteiger partial charge in [0.25, 0.3) is 5.56 Å². The van der Waals surface area contributed by atoms with Crippen LogP contribution in [0.1, 0.15) is 12.0 Å². The van der Waals surface area contributed by atoms with Crippen molar-refractivity contribution in [2.75, 3.05) is 5.73 Å². The van der Waals surface area contributed by atoms with Crippen molar-refractivity contribution in [3.63, 3.8) is 0 Å². The number of carboxylic acid groups (broad SMARTS) is 1. The number of rotatable bonds is 4. The molecule has 0 radical (unpaired) electrons. The molecule has 3 rings (SSSR count). The first kappa shape index (κ1) is 22.3. The monoisotopic (exact) mass is 379 g/mol. The molecule has 0 unspecified atom stereocenters. The normalized spacial score (nSPS) is 10.0. The summed E-state index contributed by atoms with van der Waals surface area (Å²) in [5, 5.41) is 9.03. The van der Waals surface area contributed by atoms with E-state index in [1.54, 1.807) is 36.4 Å². The molecule has 0 aliphatic carbocycles. The molecule has 0 saturated heterocycles. The molecule has 0 fully saturated rings. The van der Waals surface area contributed by atoms with Crippen molar-refractivity contribution in [3.05, 3.63) is 76.3 Å². The number of carboxylic acids is 1. The smallest absolute Gasteiger partial charge is 0.481 e. The van der Waals surface area contributed by atoms with Crippen molar-refractivity contribution in [1.82, 2.24) is 9.55 Å². The van der Waals surface area contributed by atoms with Crippen LogP contribution in [0, 0.1) is 7.43 Å². The number of fused-ring (bicyclic) bond motifs is 1. The van der Waals surface area contributed by atoms with Gasteiger partial charge in [0.15, 0.2) is 0 Å². The summed E-state index contributed by atoms with van der Waals surface area (Å²) in [4.78, 5) is 38.1. The molecule has 26 heavy (non-hydrogen) atoms. The number of hydrogen-bond acceptors (Lipinski definition) is 4. The minimum Gasteiger partial charge on any atom is -0.481 e. The van der Waals surface area contributed by atoms with E-state index >= 15 is 0 Å². The zero-order valence-corrected chi connectivity index (χ0v) is 17.8. The standard InChI is InChI=1S/C17H15N3O4.CH3.K/c18-11-4-7-14-13(9-11)16(23)20(17(24)19-14)12-5-1-10(2-6-12)3-8-15(21)22;;/h1-2,4-7,9H,3,8,18H2,(H,19,24)(H,21,22);1H3;/q;-1;+1. The zero-order valence-electron chi connectivity index (χ0n) is 14.7. The van der Waals surface area contributed by atoms with Gasteiger partial charge < -0.3 is 23.3 Å². The van der Waals surface area contributed by atoms with Gasteiger partial charge >= 0.3 is 63.0 Å². The van der Waals surface area contributed by atoms with E-state index in [1.807, 2.05) is 0 Å². The van der Waals surface area contributed by atoms with E-state index in [2.05, 4.69) is 4.98 Å². The van der Waals surface area contributed by atoms with Crippen LogP contribution in [-0.2, 0) is 11.2 Å². The van der Waals surface area contributed by atoms with Gasteiger partial charge in [0.2, 0.25) is 0 Å². The minimum absolute atomic E-state index is 0. The number of hydrogen-bond donors (Lipinski definition) is 3. The van der Waals surface area contributed by atoms with E-state index in [-0.39, 0.29) is 65.2 Å². The van der Waals surface area contributed by atoms with Gasteiger partial charge in [0.1, 0.15) is 0 Å². The Morgan fingerprint density at radius 3 is 2.38 bits per heavy atom. The van der Waals surface area contributed by atoms with Gasteiger partial charge in [0, 0.05) is 12.1 Å². The molecule has 0 aliphatic rings. The van der Waals surface area contributed by atoms with Crippen LogP contribution in [0.15, 0.2) is 52.1 Å². The predicted molar refractivity (Wildman–Crippen MR) is 96.9 cm³/mol. The summed E-state index contributed by atoms with van der Waals surface area (Å²) in [6.45, 7) is 0. The Morgan fingerprint density at radius 1 is 1.12 bits per heavy atom. The Kier molecular flexibility index (Phi) is 7.98. The van der Waals surface area contributed by atoms with Gasteiger partial charge in [0.05, 0.1) is 16.6 Å². The molecule has 0 bridgehead atoms. The maximum atomic E-state index is 12.6.